The number of ether oxygens (including phenoxy) is 2. The molecule has 8 heteroatoms. The normalized spacial score (nSPS) is 11.4. The topological polar surface area (TPSA) is 75.2 Å². The van der Waals surface area contributed by atoms with E-state index in [2.05, 4.69) is 27.8 Å². The van der Waals surface area contributed by atoms with E-state index in [4.69, 9.17) is 9.47 Å². The van der Waals surface area contributed by atoms with Crippen LogP contribution in [0.5, 0.6) is 0 Å². The van der Waals surface area contributed by atoms with Crippen LogP contribution in [0.3, 0.4) is 0 Å². The minimum atomic E-state index is -0.501. The zero-order valence-corrected chi connectivity index (χ0v) is 22.8. The van der Waals surface area contributed by atoms with Crippen molar-refractivity contribution in [1.29, 1.82) is 0 Å². The Morgan fingerprint density at radius 1 is 0.970 bits per heavy atom. The molecule has 2 aromatic carbocycles. The Bertz CT molecular complexity index is 895. The number of benzene rings is 2. The Morgan fingerprint density at radius 2 is 1.55 bits per heavy atom. The van der Waals surface area contributed by atoms with Crippen molar-refractivity contribution in [1.82, 2.24) is 15.5 Å². The zero-order valence-electron chi connectivity index (χ0n) is 20.5. The molecule has 0 heterocycles. The predicted octanol–water partition coefficient (Wildman–Crippen LogP) is 4.68. The van der Waals surface area contributed by atoms with Crippen LogP contribution in [-0.2, 0) is 35.7 Å². The number of hydrogen-bond donors (Lipinski definition) is 2. The molecule has 0 bridgehead atoms. The number of aliphatic imine (C=N–C) groups is 1. The van der Waals surface area contributed by atoms with E-state index < -0.39 is 5.60 Å². The lowest BCUT2D eigenvalue weighted by atomic mass is 10.1. The number of rotatable bonds is 8. The third-order valence-electron chi connectivity index (χ3n) is 4.70. The molecule has 7 nitrogen and oxygen atoms in total. The molecule has 0 aliphatic heterocycles. The Morgan fingerprint density at radius 3 is 2.12 bits per heavy atom. The summed E-state index contributed by atoms with van der Waals surface area (Å²) in [5, 5.41) is 6.68. The van der Waals surface area contributed by atoms with Crippen LogP contribution in [0, 0.1) is 0 Å². The Labute approximate surface area is 215 Å². The lowest BCUT2D eigenvalue weighted by molar-refractivity contribution is 0.0285. The number of halogens is 1. The molecule has 0 spiro atoms. The Hall–Kier alpha value is -2.33. The van der Waals surface area contributed by atoms with Gasteiger partial charge in [0.25, 0.3) is 0 Å². The number of carbonyl (C=O) groups is 1. The van der Waals surface area contributed by atoms with E-state index in [0.29, 0.717) is 26.2 Å². The zero-order chi connectivity index (χ0) is 23.6. The minimum absolute atomic E-state index is 0. The van der Waals surface area contributed by atoms with E-state index in [9.17, 15) is 4.79 Å². The fourth-order valence-corrected chi connectivity index (χ4v) is 3.05. The first-order valence-electron chi connectivity index (χ1n) is 10.7. The Kier molecular flexibility index (Phi) is 12.2. The number of methoxy groups -OCH3 is 1. The molecular formula is C25H37IN4O3. The van der Waals surface area contributed by atoms with E-state index in [-0.39, 0.29) is 30.1 Å². The summed E-state index contributed by atoms with van der Waals surface area (Å²) < 4.78 is 10.7. The number of carbonyl (C=O) groups excluding carboxylic acids is 1. The van der Waals surface area contributed by atoms with Gasteiger partial charge in [-0.25, -0.2) is 4.79 Å². The van der Waals surface area contributed by atoms with Crippen molar-refractivity contribution in [3.63, 3.8) is 0 Å². The molecule has 0 saturated carbocycles. The van der Waals surface area contributed by atoms with Crippen molar-refractivity contribution >= 4 is 36.0 Å². The third-order valence-corrected chi connectivity index (χ3v) is 4.70. The van der Waals surface area contributed by atoms with E-state index in [0.717, 1.165) is 22.6 Å². The second-order valence-electron chi connectivity index (χ2n) is 8.63. The van der Waals surface area contributed by atoms with Crippen LogP contribution in [0.2, 0.25) is 0 Å². The highest BCUT2D eigenvalue weighted by Gasteiger charge is 2.19. The van der Waals surface area contributed by atoms with Gasteiger partial charge in [0.2, 0.25) is 0 Å². The number of hydrogen-bond acceptors (Lipinski definition) is 4. The molecule has 2 N–H and O–H groups in total. The van der Waals surface area contributed by atoms with Crippen LogP contribution in [0.4, 0.5) is 4.79 Å². The highest BCUT2D eigenvalue weighted by Crippen LogP contribution is 2.12. The number of nitrogens with zero attached hydrogens (tertiary/aromatic N) is 2. The smallest absolute Gasteiger partial charge is 0.410 e. The van der Waals surface area contributed by atoms with E-state index in [1.807, 2.05) is 57.2 Å². The number of nitrogens with one attached hydrogen (secondary N) is 2. The summed E-state index contributed by atoms with van der Waals surface area (Å²) in [5.74, 6) is 0.728. The van der Waals surface area contributed by atoms with Gasteiger partial charge < -0.3 is 25.0 Å². The molecule has 0 aromatic heterocycles. The van der Waals surface area contributed by atoms with Gasteiger partial charge in [-0.05, 0) is 43.0 Å². The number of amides is 1. The summed E-state index contributed by atoms with van der Waals surface area (Å²) in [6.07, 6.45) is -0.329. The number of guanidine groups is 1. The highest BCUT2D eigenvalue weighted by atomic mass is 127. The fraction of sp³-hybridized carbons (Fsp3) is 0.440. The van der Waals surface area contributed by atoms with Gasteiger partial charge in [-0.15, -0.1) is 24.0 Å². The van der Waals surface area contributed by atoms with Gasteiger partial charge >= 0.3 is 6.09 Å². The van der Waals surface area contributed by atoms with Gasteiger partial charge in [-0.2, -0.15) is 0 Å². The average Bonchev–Trinajstić information content (AvgIpc) is 2.75. The molecule has 0 radical (unpaired) electrons. The maximum Gasteiger partial charge on any atom is 0.410 e. The lowest BCUT2D eigenvalue weighted by Gasteiger charge is -2.24. The minimum Gasteiger partial charge on any atom is -0.444 e. The van der Waals surface area contributed by atoms with E-state index in [1.165, 1.54) is 5.56 Å². The van der Waals surface area contributed by atoms with Crippen LogP contribution in [-0.4, -0.2) is 43.8 Å². The van der Waals surface area contributed by atoms with E-state index >= 15 is 0 Å². The second-order valence-corrected chi connectivity index (χ2v) is 8.63. The van der Waals surface area contributed by atoms with Gasteiger partial charge in [-0.3, -0.25) is 4.99 Å². The first-order chi connectivity index (χ1) is 15.2. The van der Waals surface area contributed by atoms with Gasteiger partial charge in [0.1, 0.15) is 5.60 Å². The summed E-state index contributed by atoms with van der Waals surface area (Å²) in [5.41, 5.74) is 4.00. The Balaban J connectivity index is 0.00000544. The molecule has 2 rings (SSSR count). The first-order valence-corrected chi connectivity index (χ1v) is 10.7. The maximum absolute atomic E-state index is 12.1. The molecule has 0 atom stereocenters. The van der Waals surface area contributed by atoms with E-state index in [1.54, 1.807) is 26.1 Å². The van der Waals surface area contributed by atoms with Crippen LogP contribution in [0.25, 0.3) is 0 Å². The first kappa shape index (κ1) is 28.7. The van der Waals surface area contributed by atoms with Crippen molar-refractivity contribution in [2.75, 3.05) is 21.2 Å². The molecule has 0 saturated heterocycles. The van der Waals surface area contributed by atoms with Crippen molar-refractivity contribution < 1.29 is 14.3 Å². The van der Waals surface area contributed by atoms with Gasteiger partial charge in [0, 0.05) is 40.8 Å². The van der Waals surface area contributed by atoms with Gasteiger partial charge in [0.15, 0.2) is 5.96 Å². The molecule has 182 valence electrons. The monoisotopic (exact) mass is 568 g/mol. The standard InChI is InChI=1S/C25H36N4O3.HI/c1-25(2,3)32-24(30)29(5)17-20-13-11-19(12-14-20)15-27-23(26-4)28-16-21-9-7-8-10-22(21)18-31-6;/h7-14H,15-18H2,1-6H3,(H2,26,27,28);1H. The summed E-state index contributed by atoms with van der Waals surface area (Å²) >= 11 is 0. The molecule has 0 aliphatic rings. The predicted molar refractivity (Wildman–Crippen MR) is 144 cm³/mol. The fourth-order valence-electron chi connectivity index (χ4n) is 3.05. The largest absolute Gasteiger partial charge is 0.444 e. The molecule has 0 unspecified atom stereocenters. The molecule has 1 amide bonds. The SMILES string of the molecule is CN=C(NCc1ccc(CN(C)C(=O)OC(C)(C)C)cc1)NCc1ccccc1COC.I. The van der Waals surface area contributed by atoms with Crippen molar-refractivity contribution in [2.45, 2.75) is 52.6 Å². The molecule has 0 aliphatic carbocycles. The molecule has 2 aromatic rings. The summed E-state index contributed by atoms with van der Waals surface area (Å²) in [6.45, 7) is 7.97. The summed E-state index contributed by atoms with van der Waals surface area (Å²) in [6, 6.07) is 16.3. The second kappa shape index (κ2) is 14.0. The summed E-state index contributed by atoms with van der Waals surface area (Å²) in [4.78, 5) is 18.0. The van der Waals surface area contributed by atoms with Crippen LogP contribution in [0.15, 0.2) is 53.5 Å². The third kappa shape index (κ3) is 10.4. The molecular weight excluding hydrogens is 531 g/mol. The van der Waals surface area contributed by atoms with Crippen LogP contribution in [0.1, 0.15) is 43.0 Å². The van der Waals surface area contributed by atoms with Crippen LogP contribution >= 0.6 is 24.0 Å². The van der Waals surface area contributed by atoms with Gasteiger partial charge in [-0.1, -0.05) is 48.5 Å². The molecule has 33 heavy (non-hydrogen) atoms. The average molecular weight is 569 g/mol. The lowest BCUT2D eigenvalue weighted by Crippen LogP contribution is -2.36. The highest BCUT2D eigenvalue weighted by molar-refractivity contribution is 14.0. The maximum atomic E-state index is 12.1. The quantitative estimate of drug-likeness (QED) is 0.275. The summed E-state index contributed by atoms with van der Waals surface area (Å²) in [7, 11) is 5.20. The van der Waals surface area contributed by atoms with Crippen molar-refractivity contribution in [2.24, 2.45) is 4.99 Å². The van der Waals surface area contributed by atoms with Gasteiger partial charge in [0.05, 0.1) is 6.61 Å². The van der Waals surface area contributed by atoms with Crippen molar-refractivity contribution in [3.8, 4) is 0 Å². The van der Waals surface area contributed by atoms with Crippen molar-refractivity contribution in [3.05, 3.63) is 70.8 Å². The van der Waals surface area contributed by atoms with Crippen LogP contribution < -0.4 is 10.6 Å². The molecule has 0 fully saturated rings.